The molecular weight excluding hydrogens is 324 g/mol. The van der Waals surface area contributed by atoms with E-state index in [0.29, 0.717) is 0 Å². The number of halogens is 5. The second kappa shape index (κ2) is 6.17. The van der Waals surface area contributed by atoms with Crippen molar-refractivity contribution in [1.82, 2.24) is 4.98 Å². The number of aromatic nitrogens is 1. The van der Waals surface area contributed by atoms with Crippen LogP contribution in [0.2, 0.25) is 15.2 Å². The minimum absolute atomic E-state index is 0.209. The molecule has 0 amide bonds. The third-order valence-electron chi connectivity index (χ3n) is 2.22. The van der Waals surface area contributed by atoms with Gasteiger partial charge in [0, 0.05) is 11.8 Å². The van der Waals surface area contributed by atoms with Crippen molar-refractivity contribution in [3.63, 3.8) is 0 Å². The Labute approximate surface area is 122 Å². The van der Waals surface area contributed by atoms with Crippen molar-refractivity contribution in [2.75, 3.05) is 6.61 Å². The summed E-state index contributed by atoms with van der Waals surface area (Å²) in [5, 5.41) is -0.785. The molecule has 1 atom stereocenters. The minimum atomic E-state index is -3.99. The van der Waals surface area contributed by atoms with Crippen molar-refractivity contribution >= 4 is 40.8 Å². The Morgan fingerprint density at radius 1 is 1.53 bits per heavy atom. The number of carbonyl (C=O) groups excluding carboxylic acids is 1. The third kappa shape index (κ3) is 3.25. The number of ether oxygens (including phenoxy) is 1. The number of carbonyl (C=O) groups is 1. The van der Waals surface area contributed by atoms with Gasteiger partial charge in [-0.05, 0) is 6.92 Å². The normalized spacial score (nSPS) is 13.2. The van der Waals surface area contributed by atoms with E-state index in [4.69, 9.17) is 40.5 Å². The Hall–Kier alpha value is -0.690. The Bertz CT molecular complexity index is 500. The number of nitrogens with zero attached hydrogens (tertiary/aromatic N) is 1. The molecular formula is C10H9Cl3F2N2O2. The van der Waals surface area contributed by atoms with Crippen LogP contribution in [0.1, 0.15) is 18.5 Å². The highest BCUT2D eigenvalue weighted by Gasteiger charge is 2.49. The van der Waals surface area contributed by atoms with Crippen LogP contribution in [0, 0.1) is 0 Å². The largest absolute Gasteiger partial charge is 0.462 e. The lowest BCUT2D eigenvalue weighted by molar-refractivity contribution is -0.174. The first-order valence-corrected chi connectivity index (χ1v) is 6.16. The van der Waals surface area contributed by atoms with E-state index in [1.807, 2.05) is 0 Å². The fourth-order valence-electron chi connectivity index (χ4n) is 1.28. The monoisotopic (exact) mass is 332 g/mol. The summed E-state index contributed by atoms with van der Waals surface area (Å²) in [7, 11) is 0. The van der Waals surface area contributed by atoms with E-state index in [1.165, 1.54) is 6.92 Å². The van der Waals surface area contributed by atoms with Gasteiger partial charge in [-0.1, -0.05) is 34.8 Å². The Morgan fingerprint density at radius 2 is 2.11 bits per heavy atom. The molecule has 0 aromatic carbocycles. The molecule has 0 unspecified atom stereocenters. The summed E-state index contributed by atoms with van der Waals surface area (Å²) < 4.78 is 31.8. The van der Waals surface area contributed by atoms with Crippen molar-refractivity contribution < 1.29 is 18.3 Å². The SMILES string of the molecule is CCOC(=O)C(F)(F)[C@@H](N)c1c(Cl)cnc(Cl)c1Cl. The molecule has 106 valence electrons. The smallest absolute Gasteiger partial charge is 0.379 e. The second-order valence-corrected chi connectivity index (χ2v) is 4.59. The molecule has 0 aliphatic carbocycles. The standard InChI is InChI=1S/C10H9Cl3F2N2O2/c1-2-19-9(18)10(14,15)7(16)5-4(11)3-17-8(13)6(5)12/h3,7H,2,16H2,1H3/t7-/m0/s1. The van der Waals surface area contributed by atoms with E-state index < -0.39 is 17.9 Å². The van der Waals surface area contributed by atoms with Crippen molar-refractivity contribution in [2.45, 2.75) is 18.9 Å². The third-order valence-corrected chi connectivity index (χ3v) is 3.28. The quantitative estimate of drug-likeness (QED) is 0.678. The fraction of sp³-hybridized carbons (Fsp3) is 0.400. The molecule has 19 heavy (non-hydrogen) atoms. The average Bonchev–Trinajstić information content (AvgIpc) is 2.34. The van der Waals surface area contributed by atoms with Gasteiger partial charge in [0.2, 0.25) is 0 Å². The molecule has 1 heterocycles. The van der Waals surface area contributed by atoms with Gasteiger partial charge in [0.05, 0.1) is 16.7 Å². The number of nitrogens with two attached hydrogens (primary N) is 1. The molecule has 9 heteroatoms. The molecule has 4 nitrogen and oxygen atoms in total. The average molecular weight is 334 g/mol. The lowest BCUT2D eigenvalue weighted by Crippen LogP contribution is -2.42. The van der Waals surface area contributed by atoms with Crippen LogP contribution in [0.15, 0.2) is 6.20 Å². The lowest BCUT2D eigenvalue weighted by atomic mass is 10.0. The molecule has 1 rings (SSSR count). The Balaban J connectivity index is 3.23. The highest BCUT2D eigenvalue weighted by atomic mass is 35.5. The lowest BCUT2D eigenvalue weighted by Gasteiger charge is -2.23. The van der Waals surface area contributed by atoms with Crippen LogP contribution >= 0.6 is 34.8 Å². The zero-order valence-corrected chi connectivity index (χ0v) is 11.9. The molecule has 0 saturated heterocycles. The number of rotatable bonds is 4. The molecule has 0 aliphatic rings. The first-order valence-electron chi connectivity index (χ1n) is 5.03. The zero-order valence-electron chi connectivity index (χ0n) is 9.59. The molecule has 0 bridgehead atoms. The van der Waals surface area contributed by atoms with E-state index >= 15 is 0 Å². The Morgan fingerprint density at radius 3 is 2.63 bits per heavy atom. The van der Waals surface area contributed by atoms with E-state index in [0.717, 1.165) is 6.20 Å². The molecule has 0 fully saturated rings. The van der Waals surface area contributed by atoms with Crippen LogP contribution in [-0.4, -0.2) is 23.5 Å². The van der Waals surface area contributed by atoms with Gasteiger partial charge in [-0.3, -0.25) is 0 Å². The minimum Gasteiger partial charge on any atom is -0.462 e. The Kier molecular flexibility index (Phi) is 5.32. The zero-order chi connectivity index (χ0) is 14.8. The summed E-state index contributed by atoms with van der Waals surface area (Å²) in [6.45, 7) is 1.18. The summed E-state index contributed by atoms with van der Waals surface area (Å²) >= 11 is 17.1. The summed E-state index contributed by atoms with van der Waals surface area (Å²) in [6, 6.07) is -2.09. The molecule has 0 radical (unpaired) electrons. The predicted octanol–water partition coefficient (Wildman–Crippen LogP) is 3.24. The molecule has 1 aromatic rings. The maximum Gasteiger partial charge on any atom is 0.379 e. The van der Waals surface area contributed by atoms with E-state index in [-0.39, 0.29) is 27.4 Å². The van der Waals surface area contributed by atoms with Crippen LogP contribution in [0.5, 0.6) is 0 Å². The van der Waals surface area contributed by atoms with Crippen molar-refractivity contribution in [2.24, 2.45) is 5.73 Å². The maximum absolute atomic E-state index is 13.8. The van der Waals surface area contributed by atoms with Crippen LogP contribution in [-0.2, 0) is 9.53 Å². The highest BCUT2D eigenvalue weighted by Crippen LogP contribution is 2.40. The van der Waals surface area contributed by atoms with Gasteiger partial charge >= 0.3 is 11.9 Å². The van der Waals surface area contributed by atoms with Gasteiger partial charge in [0.25, 0.3) is 0 Å². The van der Waals surface area contributed by atoms with Crippen LogP contribution in [0.3, 0.4) is 0 Å². The topological polar surface area (TPSA) is 65.2 Å². The van der Waals surface area contributed by atoms with Crippen molar-refractivity contribution in [3.8, 4) is 0 Å². The fourth-order valence-corrected chi connectivity index (χ4v) is 2.00. The highest BCUT2D eigenvalue weighted by molar-refractivity contribution is 6.43. The van der Waals surface area contributed by atoms with Gasteiger partial charge in [-0.2, -0.15) is 8.78 Å². The second-order valence-electron chi connectivity index (χ2n) is 3.45. The number of alkyl halides is 2. The van der Waals surface area contributed by atoms with Gasteiger partial charge < -0.3 is 10.5 Å². The van der Waals surface area contributed by atoms with Gasteiger partial charge in [-0.25, -0.2) is 9.78 Å². The summed E-state index contributed by atoms with van der Waals surface area (Å²) in [5.74, 6) is -5.75. The van der Waals surface area contributed by atoms with Gasteiger partial charge in [0.1, 0.15) is 11.2 Å². The summed E-state index contributed by atoms with van der Waals surface area (Å²) in [6.07, 6.45) is 1.02. The van der Waals surface area contributed by atoms with E-state index in [2.05, 4.69) is 9.72 Å². The first-order chi connectivity index (χ1) is 8.73. The summed E-state index contributed by atoms with van der Waals surface area (Å²) in [4.78, 5) is 14.8. The number of hydrogen-bond donors (Lipinski definition) is 1. The predicted molar refractivity (Wildman–Crippen MR) is 67.8 cm³/mol. The molecule has 0 aliphatic heterocycles. The van der Waals surface area contributed by atoms with Crippen LogP contribution in [0.4, 0.5) is 8.78 Å². The summed E-state index contributed by atoms with van der Waals surface area (Å²) in [5.41, 5.74) is 5.01. The van der Waals surface area contributed by atoms with Crippen molar-refractivity contribution in [1.29, 1.82) is 0 Å². The van der Waals surface area contributed by atoms with Crippen LogP contribution in [0.25, 0.3) is 0 Å². The number of pyridine rings is 1. The van der Waals surface area contributed by atoms with Gasteiger partial charge in [0.15, 0.2) is 0 Å². The first kappa shape index (κ1) is 16.4. The van der Waals surface area contributed by atoms with E-state index in [1.54, 1.807) is 0 Å². The van der Waals surface area contributed by atoms with E-state index in [9.17, 15) is 13.6 Å². The molecule has 2 N–H and O–H groups in total. The molecule has 0 saturated carbocycles. The number of esters is 1. The number of hydrogen-bond acceptors (Lipinski definition) is 4. The maximum atomic E-state index is 13.8. The van der Waals surface area contributed by atoms with Crippen molar-refractivity contribution in [3.05, 3.63) is 27.0 Å². The molecule has 0 spiro atoms. The van der Waals surface area contributed by atoms with Crippen LogP contribution < -0.4 is 5.73 Å². The molecule has 1 aromatic heterocycles. The van der Waals surface area contributed by atoms with Gasteiger partial charge in [-0.15, -0.1) is 0 Å².